The predicted molar refractivity (Wildman–Crippen MR) is 121 cm³/mol. The maximum absolute atomic E-state index is 13.2. The van der Waals surface area contributed by atoms with E-state index in [9.17, 15) is 9.59 Å². The van der Waals surface area contributed by atoms with Gasteiger partial charge in [-0.15, -0.1) is 0 Å². The highest BCUT2D eigenvalue weighted by atomic mass is 35.5. The third-order valence-electron chi connectivity index (χ3n) is 6.98. The van der Waals surface area contributed by atoms with Crippen LogP contribution in [0.3, 0.4) is 0 Å². The number of benzene rings is 2. The van der Waals surface area contributed by atoms with Gasteiger partial charge in [-0.3, -0.25) is 14.5 Å². The lowest BCUT2D eigenvalue weighted by Gasteiger charge is -2.44. The Balaban J connectivity index is 1.28. The molecule has 2 saturated heterocycles. The zero-order valence-electron chi connectivity index (χ0n) is 17.7. The number of carbonyl (C=O) groups excluding carboxylic acids is 2. The summed E-state index contributed by atoms with van der Waals surface area (Å²) in [4.78, 5) is 32.5. The Morgan fingerprint density at radius 1 is 0.871 bits per heavy atom. The van der Waals surface area contributed by atoms with Crippen molar-refractivity contribution in [1.29, 1.82) is 0 Å². The number of rotatable bonds is 2. The average molecular weight is 438 g/mol. The van der Waals surface area contributed by atoms with Gasteiger partial charge in [0.2, 0.25) is 0 Å². The van der Waals surface area contributed by atoms with E-state index in [1.807, 2.05) is 40.1 Å². The van der Waals surface area contributed by atoms with Crippen LogP contribution in [0, 0.1) is 0 Å². The second kappa shape index (κ2) is 8.64. The van der Waals surface area contributed by atoms with Crippen LogP contribution in [0.15, 0.2) is 42.5 Å². The Morgan fingerprint density at radius 3 is 2.61 bits per heavy atom. The molecular weight excluding hydrogens is 410 g/mol. The first kappa shape index (κ1) is 20.5. The van der Waals surface area contributed by atoms with Crippen LogP contribution in [0.1, 0.15) is 51.1 Å². The maximum Gasteiger partial charge on any atom is 0.255 e. The fraction of sp³-hybridized carbons (Fsp3) is 0.440. The lowest BCUT2D eigenvalue weighted by atomic mass is 9.95. The summed E-state index contributed by atoms with van der Waals surface area (Å²) in [6.45, 7) is 5.00. The second-order valence-corrected chi connectivity index (χ2v) is 9.28. The lowest BCUT2D eigenvalue weighted by molar-refractivity contribution is 0.0372. The van der Waals surface area contributed by atoms with E-state index in [0.29, 0.717) is 29.7 Å². The van der Waals surface area contributed by atoms with Crippen LogP contribution < -0.4 is 0 Å². The quantitative estimate of drug-likeness (QED) is 0.716. The molecule has 3 heterocycles. The topological polar surface area (TPSA) is 43.9 Å². The second-order valence-electron chi connectivity index (χ2n) is 8.88. The van der Waals surface area contributed by atoms with Crippen LogP contribution >= 0.6 is 11.6 Å². The molecule has 2 aromatic carbocycles. The third kappa shape index (κ3) is 4.09. The standard InChI is InChI=1S/C25H28ClN3O2/c26-23-7-2-1-6-22(23)25(31)28-12-10-18-15-19(8-9-20(18)16-28)24(30)29-14-13-27-11-4-3-5-21(27)17-29/h1-2,6-9,15,21H,3-5,10-14,16-17H2. The molecule has 3 aliphatic heterocycles. The lowest BCUT2D eigenvalue weighted by Crippen LogP contribution is -2.56. The summed E-state index contributed by atoms with van der Waals surface area (Å²) in [6.07, 6.45) is 4.50. The summed E-state index contributed by atoms with van der Waals surface area (Å²) in [5, 5.41) is 0.484. The summed E-state index contributed by atoms with van der Waals surface area (Å²) < 4.78 is 0. The van der Waals surface area contributed by atoms with Crippen molar-refractivity contribution in [3.63, 3.8) is 0 Å². The Kier molecular flexibility index (Phi) is 5.72. The molecule has 3 aliphatic rings. The number of nitrogens with zero attached hydrogens (tertiary/aromatic N) is 3. The van der Waals surface area contributed by atoms with Gasteiger partial charge in [-0.1, -0.05) is 36.2 Å². The summed E-state index contributed by atoms with van der Waals surface area (Å²) in [5.41, 5.74) is 3.60. The van der Waals surface area contributed by atoms with E-state index in [2.05, 4.69) is 4.90 Å². The van der Waals surface area contributed by atoms with Gasteiger partial charge in [0.25, 0.3) is 11.8 Å². The molecule has 0 aliphatic carbocycles. The largest absolute Gasteiger partial charge is 0.336 e. The first-order valence-corrected chi connectivity index (χ1v) is 11.7. The molecule has 5 rings (SSSR count). The van der Waals surface area contributed by atoms with Gasteiger partial charge >= 0.3 is 0 Å². The van der Waals surface area contributed by atoms with Gasteiger partial charge in [0.15, 0.2) is 0 Å². The molecule has 1 unspecified atom stereocenters. The molecule has 0 N–H and O–H groups in total. The number of fused-ring (bicyclic) bond motifs is 2. The number of halogens is 1. The molecule has 2 aromatic rings. The van der Waals surface area contributed by atoms with E-state index < -0.39 is 0 Å². The van der Waals surface area contributed by atoms with Crippen LogP contribution in [-0.4, -0.2) is 65.3 Å². The number of piperidine rings is 1. The molecule has 162 valence electrons. The first-order valence-electron chi connectivity index (χ1n) is 11.3. The number of hydrogen-bond acceptors (Lipinski definition) is 3. The molecule has 2 amide bonds. The van der Waals surface area contributed by atoms with E-state index in [4.69, 9.17) is 11.6 Å². The Hall–Kier alpha value is -2.37. The van der Waals surface area contributed by atoms with Crippen LogP contribution in [0.5, 0.6) is 0 Å². The fourth-order valence-electron chi connectivity index (χ4n) is 5.19. The van der Waals surface area contributed by atoms with Crippen molar-refractivity contribution in [3.05, 3.63) is 69.7 Å². The number of amides is 2. The normalized spacial score (nSPS) is 21.4. The van der Waals surface area contributed by atoms with Crippen molar-refractivity contribution in [2.45, 2.75) is 38.3 Å². The SMILES string of the molecule is O=C(c1ccc2c(c1)CCN(C(=O)c1ccccc1Cl)C2)N1CCN2CCCCC2C1. The molecule has 2 fully saturated rings. The minimum Gasteiger partial charge on any atom is -0.336 e. The Bertz CT molecular complexity index is 1010. The van der Waals surface area contributed by atoms with E-state index in [1.165, 1.54) is 31.4 Å². The summed E-state index contributed by atoms with van der Waals surface area (Å²) in [7, 11) is 0. The Morgan fingerprint density at radius 2 is 1.74 bits per heavy atom. The van der Waals surface area contributed by atoms with Gasteiger partial charge in [0.05, 0.1) is 10.6 Å². The molecule has 0 spiro atoms. The van der Waals surface area contributed by atoms with E-state index in [1.54, 1.807) is 12.1 Å². The van der Waals surface area contributed by atoms with Crippen molar-refractivity contribution >= 4 is 23.4 Å². The third-order valence-corrected chi connectivity index (χ3v) is 7.31. The minimum absolute atomic E-state index is 0.0400. The molecular formula is C25H28ClN3O2. The summed E-state index contributed by atoms with van der Waals surface area (Å²) >= 11 is 6.22. The highest BCUT2D eigenvalue weighted by molar-refractivity contribution is 6.33. The average Bonchev–Trinajstić information content (AvgIpc) is 2.82. The molecule has 0 radical (unpaired) electrons. The van der Waals surface area contributed by atoms with Gasteiger partial charge in [0, 0.05) is 44.3 Å². The summed E-state index contributed by atoms with van der Waals surface area (Å²) in [5.74, 6) is 0.101. The first-order chi connectivity index (χ1) is 15.1. The van der Waals surface area contributed by atoms with Gasteiger partial charge in [-0.2, -0.15) is 0 Å². The van der Waals surface area contributed by atoms with Gasteiger partial charge in [-0.05, 0) is 61.2 Å². The molecule has 5 nitrogen and oxygen atoms in total. The van der Waals surface area contributed by atoms with E-state index in [-0.39, 0.29) is 11.8 Å². The number of carbonyl (C=O) groups is 2. The molecule has 31 heavy (non-hydrogen) atoms. The Labute approximate surface area is 188 Å². The monoisotopic (exact) mass is 437 g/mol. The van der Waals surface area contributed by atoms with Gasteiger partial charge in [0.1, 0.15) is 0 Å². The van der Waals surface area contributed by atoms with Crippen LogP contribution in [0.4, 0.5) is 0 Å². The zero-order valence-corrected chi connectivity index (χ0v) is 18.5. The van der Waals surface area contributed by atoms with Crippen molar-refractivity contribution < 1.29 is 9.59 Å². The molecule has 6 heteroatoms. The molecule has 1 atom stereocenters. The van der Waals surface area contributed by atoms with Crippen LogP contribution in [0.25, 0.3) is 0 Å². The van der Waals surface area contributed by atoms with E-state index in [0.717, 1.165) is 37.2 Å². The minimum atomic E-state index is -0.0400. The van der Waals surface area contributed by atoms with Crippen molar-refractivity contribution in [2.24, 2.45) is 0 Å². The van der Waals surface area contributed by atoms with Crippen molar-refractivity contribution in [1.82, 2.24) is 14.7 Å². The smallest absolute Gasteiger partial charge is 0.255 e. The van der Waals surface area contributed by atoms with Crippen LogP contribution in [0.2, 0.25) is 5.02 Å². The van der Waals surface area contributed by atoms with Crippen molar-refractivity contribution in [2.75, 3.05) is 32.7 Å². The summed E-state index contributed by atoms with van der Waals surface area (Å²) in [6, 6.07) is 13.7. The highest BCUT2D eigenvalue weighted by Crippen LogP contribution is 2.26. The number of piperazine rings is 1. The van der Waals surface area contributed by atoms with Gasteiger partial charge in [-0.25, -0.2) is 0 Å². The van der Waals surface area contributed by atoms with Crippen molar-refractivity contribution in [3.8, 4) is 0 Å². The molecule has 0 bridgehead atoms. The fourth-order valence-corrected chi connectivity index (χ4v) is 5.40. The van der Waals surface area contributed by atoms with Gasteiger partial charge < -0.3 is 9.80 Å². The van der Waals surface area contributed by atoms with E-state index >= 15 is 0 Å². The zero-order chi connectivity index (χ0) is 21.4. The number of hydrogen-bond donors (Lipinski definition) is 0. The van der Waals surface area contributed by atoms with Crippen LogP contribution in [-0.2, 0) is 13.0 Å². The highest BCUT2D eigenvalue weighted by Gasteiger charge is 2.32. The maximum atomic E-state index is 13.2. The predicted octanol–water partition coefficient (Wildman–Crippen LogP) is 3.85. The molecule has 0 saturated carbocycles. The molecule has 0 aromatic heterocycles.